The minimum absolute atomic E-state index is 0.0676. The number of rotatable bonds is 2. The second kappa shape index (κ2) is 5.16. The number of carbonyl (C=O) groups excluding carboxylic acids is 1. The first-order valence-electron chi connectivity index (χ1n) is 5.28. The number of thioether (sulfide) groups is 1. The van der Waals surface area contributed by atoms with Gasteiger partial charge in [-0.1, -0.05) is 42.1 Å². The maximum atomic E-state index is 11.3. The van der Waals surface area contributed by atoms with Gasteiger partial charge in [-0.25, -0.2) is 0 Å². The van der Waals surface area contributed by atoms with Crippen LogP contribution in [0.2, 0.25) is 0 Å². The summed E-state index contributed by atoms with van der Waals surface area (Å²) in [5.41, 5.74) is 1.24. The summed E-state index contributed by atoms with van der Waals surface area (Å²) in [4.78, 5) is 15.7. The Labute approximate surface area is 99.3 Å². The van der Waals surface area contributed by atoms with Crippen molar-refractivity contribution in [3.63, 3.8) is 0 Å². The van der Waals surface area contributed by atoms with Crippen LogP contribution in [0.5, 0.6) is 0 Å². The van der Waals surface area contributed by atoms with Gasteiger partial charge in [-0.05, 0) is 12.5 Å². The highest BCUT2D eigenvalue weighted by molar-refractivity contribution is 8.13. The fraction of sp³-hybridized carbons (Fsp3) is 0.333. The molecule has 1 N–H and O–H groups in total. The number of nitrogens with zero attached hydrogens (tertiary/aromatic N) is 1. The van der Waals surface area contributed by atoms with Crippen LogP contribution in [0.1, 0.15) is 18.9 Å². The molecule has 4 heteroatoms. The van der Waals surface area contributed by atoms with Crippen LogP contribution in [-0.4, -0.2) is 17.1 Å². The van der Waals surface area contributed by atoms with Gasteiger partial charge in [-0.3, -0.25) is 9.79 Å². The van der Waals surface area contributed by atoms with E-state index in [9.17, 15) is 4.79 Å². The van der Waals surface area contributed by atoms with Gasteiger partial charge in [0.15, 0.2) is 5.17 Å². The number of aliphatic imine (C=N–C) groups is 1. The molecular formula is C12H14N2OS. The number of amides is 1. The number of carbonyl (C=O) groups is 1. The van der Waals surface area contributed by atoms with E-state index in [0.29, 0.717) is 6.42 Å². The zero-order chi connectivity index (χ0) is 11.4. The summed E-state index contributed by atoms with van der Waals surface area (Å²) in [6, 6.07) is 10.3. The van der Waals surface area contributed by atoms with Gasteiger partial charge in [0.05, 0.1) is 6.04 Å². The number of nitrogens with one attached hydrogen (secondary N) is 1. The molecule has 0 saturated carbocycles. The van der Waals surface area contributed by atoms with E-state index < -0.39 is 0 Å². The summed E-state index contributed by atoms with van der Waals surface area (Å²) in [6.45, 7) is 1.96. The van der Waals surface area contributed by atoms with Gasteiger partial charge in [-0.2, -0.15) is 0 Å². The molecule has 16 heavy (non-hydrogen) atoms. The Hall–Kier alpha value is -1.29. The van der Waals surface area contributed by atoms with Crippen molar-refractivity contribution < 1.29 is 4.79 Å². The summed E-state index contributed by atoms with van der Waals surface area (Å²) in [7, 11) is 0. The third-order valence-corrected chi connectivity index (χ3v) is 3.24. The molecule has 2 rings (SSSR count). The molecule has 0 unspecified atom stereocenters. The standard InChI is InChI=1S/C12H14N2OS/c1-9-7-11(15)14-12(13-9)16-8-10-5-3-2-4-6-10/h2-6,9H,7-8H2,1H3,(H,13,14,15)/t9-/m1/s1. The number of hydrogen-bond donors (Lipinski definition) is 1. The molecule has 0 bridgehead atoms. The van der Waals surface area contributed by atoms with Gasteiger partial charge in [0.2, 0.25) is 5.91 Å². The molecule has 1 aromatic carbocycles. The zero-order valence-electron chi connectivity index (χ0n) is 9.14. The first-order valence-corrected chi connectivity index (χ1v) is 6.27. The first kappa shape index (κ1) is 11.2. The van der Waals surface area contributed by atoms with Crippen molar-refractivity contribution in [2.75, 3.05) is 0 Å². The molecule has 0 aliphatic carbocycles. The molecular weight excluding hydrogens is 220 g/mol. The monoisotopic (exact) mass is 234 g/mol. The Bertz CT molecular complexity index is 403. The van der Waals surface area contributed by atoms with Gasteiger partial charge in [0, 0.05) is 12.2 Å². The maximum absolute atomic E-state index is 11.3. The molecule has 1 aromatic rings. The molecule has 1 heterocycles. The van der Waals surface area contributed by atoms with Gasteiger partial charge in [0.25, 0.3) is 0 Å². The topological polar surface area (TPSA) is 41.5 Å². The summed E-state index contributed by atoms with van der Waals surface area (Å²) in [6.07, 6.45) is 0.495. The van der Waals surface area contributed by atoms with E-state index in [1.807, 2.05) is 25.1 Å². The quantitative estimate of drug-likeness (QED) is 0.852. The molecule has 1 aliphatic rings. The van der Waals surface area contributed by atoms with Gasteiger partial charge in [0.1, 0.15) is 0 Å². The Balaban J connectivity index is 1.93. The Morgan fingerprint density at radius 3 is 2.88 bits per heavy atom. The third kappa shape index (κ3) is 3.10. The summed E-state index contributed by atoms with van der Waals surface area (Å²) >= 11 is 1.58. The molecule has 0 fully saturated rings. The normalized spacial score (nSPS) is 20.2. The third-order valence-electron chi connectivity index (χ3n) is 2.28. The minimum atomic E-state index is 0.0676. The van der Waals surface area contributed by atoms with Crippen molar-refractivity contribution in [2.24, 2.45) is 4.99 Å². The van der Waals surface area contributed by atoms with E-state index in [2.05, 4.69) is 22.4 Å². The second-order valence-corrected chi connectivity index (χ2v) is 4.77. The molecule has 1 atom stereocenters. The molecule has 0 saturated heterocycles. The van der Waals surface area contributed by atoms with Crippen LogP contribution in [-0.2, 0) is 10.5 Å². The van der Waals surface area contributed by atoms with Crippen LogP contribution in [0.4, 0.5) is 0 Å². The predicted molar refractivity (Wildman–Crippen MR) is 67.4 cm³/mol. The zero-order valence-corrected chi connectivity index (χ0v) is 9.96. The Kier molecular flexibility index (Phi) is 3.62. The van der Waals surface area contributed by atoms with E-state index in [1.54, 1.807) is 11.8 Å². The molecule has 0 aromatic heterocycles. The molecule has 1 amide bonds. The van der Waals surface area contributed by atoms with Crippen LogP contribution in [0, 0.1) is 0 Å². The fourth-order valence-corrected chi connectivity index (χ4v) is 2.45. The minimum Gasteiger partial charge on any atom is -0.305 e. The molecule has 0 spiro atoms. The lowest BCUT2D eigenvalue weighted by molar-refractivity contribution is -0.120. The van der Waals surface area contributed by atoms with E-state index >= 15 is 0 Å². The molecule has 1 aliphatic heterocycles. The fourth-order valence-electron chi connectivity index (χ4n) is 1.52. The van der Waals surface area contributed by atoms with Crippen molar-refractivity contribution in [1.29, 1.82) is 0 Å². The van der Waals surface area contributed by atoms with Crippen LogP contribution >= 0.6 is 11.8 Å². The highest BCUT2D eigenvalue weighted by atomic mass is 32.2. The average Bonchev–Trinajstić information content (AvgIpc) is 2.27. The van der Waals surface area contributed by atoms with Crippen molar-refractivity contribution in [3.8, 4) is 0 Å². The van der Waals surface area contributed by atoms with E-state index in [1.165, 1.54) is 5.56 Å². The SMILES string of the molecule is C[C@@H]1CC(=O)NC(SCc2ccccc2)=N1. The summed E-state index contributed by atoms with van der Waals surface area (Å²) in [5.74, 6) is 0.908. The van der Waals surface area contributed by atoms with Crippen molar-refractivity contribution >= 4 is 22.8 Å². The number of amidine groups is 1. The highest BCUT2D eigenvalue weighted by Crippen LogP contribution is 2.16. The highest BCUT2D eigenvalue weighted by Gasteiger charge is 2.17. The van der Waals surface area contributed by atoms with Gasteiger partial charge >= 0.3 is 0 Å². The smallest absolute Gasteiger partial charge is 0.228 e. The molecule has 84 valence electrons. The van der Waals surface area contributed by atoms with Gasteiger partial charge in [-0.15, -0.1) is 0 Å². The maximum Gasteiger partial charge on any atom is 0.228 e. The van der Waals surface area contributed by atoms with Gasteiger partial charge < -0.3 is 5.32 Å². The molecule has 0 radical (unpaired) electrons. The van der Waals surface area contributed by atoms with E-state index in [-0.39, 0.29) is 11.9 Å². The average molecular weight is 234 g/mol. The lowest BCUT2D eigenvalue weighted by atomic mass is 10.2. The first-order chi connectivity index (χ1) is 7.74. The Morgan fingerprint density at radius 1 is 1.44 bits per heavy atom. The van der Waals surface area contributed by atoms with Crippen LogP contribution in [0.15, 0.2) is 35.3 Å². The lowest BCUT2D eigenvalue weighted by Gasteiger charge is -2.17. The Morgan fingerprint density at radius 2 is 2.19 bits per heavy atom. The predicted octanol–water partition coefficient (Wildman–Crippen LogP) is 2.18. The number of benzene rings is 1. The summed E-state index contributed by atoms with van der Waals surface area (Å²) in [5, 5.41) is 3.53. The van der Waals surface area contributed by atoms with E-state index in [4.69, 9.17) is 0 Å². The van der Waals surface area contributed by atoms with Crippen LogP contribution in [0.3, 0.4) is 0 Å². The lowest BCUT2D eigenvalue weighted by Crippen LogP contribution is -2.35. The van der Waals surface area contributed by atoms with Crippen molar-refractivity contribution in [2.45, 2.75) is 25.1 Å². The second-order valence-electron chi connectivity index (χ2n) is 3.81. The molecule has 3 nitrogen and oxygen atoms in total. The summed E-state index contributed by atoms with van der Waals surface area (Å²) < 4.78 is 0. The van der Waals surface area contributed by atoms with E-state index in [0.717, 1.165) is 10.9 Å². The van der Waals surface area contributed by atoms with Crippen molar-refractivity contribution in [3.05, 3.63) is 35.9 Å². The largest absolute Gasteiger partial charge is 0.305 e. The van der Waals surface area contributed by atoms with Crippen LogP contribution < -0.4 is 5.32 Å². The van der Waals surface area contributed by atoms with Crippen molar-refractivity contribution in [1.82, 2.24) is 5.32 Å². The number of hydrogen-bond acceptors (Lipinski definition) is 3. The van der Waals surface area contributed by atoms with Crippen LogP contribution in [0.25, 0.3) is 0 Å².